The minimum absolute atomic E-state index is 0.166. The molecule has 8 nitrogen and oxygen atoms in total. The molecule has 1 unspecified atom stereocenters. The quantitative estimate of drug-likeness (QED) is 0.618. The number of carbonyl (C=O) groups excluding carboxylic acids is 1. The molecule has 1 fully saturated rings. The fraction of sp³-hybridized carbons (Fsp3) is 0.360. The fourth-order valence-electron chi connectivity index (χ4n) is 4.69. The number of nitrogens with one attached hydrogen (secondary N) is 1. The third kappa shape index (κ3) is 3.86. The molecule has 0 radical (unpaired) electrons. The SMILES string of the molecule is Cc1ccc(C)c(N2CCN(c3nc4c(n3Cc3ccccc3F)C(=O)NC(O)N4C)CC2)c1. The lowest BCUT2D eigenvalue weighted by molar-refractivity contribution is 0.0746. The standard InChI is InChI=1S/C25H29FN6O2/c1-16-8-9-17(2)20(14-16)30-10-12-31(13-11-30)24-27-22-21(23(33)28-25(34)29(22)3)32(24)15-18-6-4-5-7-19(18)26/h4-9,14,25,34H,10-13,15H2,1-3H3,(H,28,33). The van der Waals surface area contributed by atoms with Gasteiger partial charge in [0.05, 0.1) is 6.54 Å². The van der Waals surface area contributed by atoms with Gasteiger partial charge in [-0.15, -0.1) is 0 Å². The number of carbonyl (C=O) groups is 1. The lowest BCUT2D eigenvalue weighted by atomic mass is 10.1. The number of benzene rings is 2. The summed E-state index contributed by atoms with van der Waals surface area (Å²) in [4.78, 5) is 23.6. The number of hydrogen-bond acceptors (Lipinski definition) is 6. The van der Waals surface area contributed by atoms with Crippen molar-refractivity contribution in [2.45, 2.75) is 26.7 Å². The van der Waals surface area contributed by atoms with Crippen molar-refractivity contribution >= 4 is 23.4 Å². The van der Waals surface area contributed by atoms with Crippen molar-refractivity contribution in [3.05, 3.63) is 70.7 Å². The van der Waals surface area contributed by atoms with Crippen molar-refractivity contribution in [2.75, 3.05) is 47.9 Å². The van der Waals surface area contributed by atoms with E-state index in [1.54, 1.807) is 29.8 Å². The average molecular weight is 465 g/mol. The Bertz CT molecular complexity index is 1230. The second-order valence-electron chi connectivity index (χ2n) is 8.98. The van der Waals surface area contributed by atoms with E-state index in [0.717, 1.165) is 13.1 Å². The molecule has 1 saturated heterocycles. The zero-order valence-corrected chi connectivity index (χ0v) is 19.6. The first-order valence-electron chi connectivity index (χ1n) is 11.5. The van der Waals surface area contributed by atoms with Crippen molar-refractivity contribution in [3.63, 3.8) is 0 Å². The Balaban J connectivity index is 1.48. The zero-order valence-electron chi connectivity index (χ0n) is 19.6. The summed E-state index contributed by atoms with van der Waals surface area (Å²) in [6.07, 6.45) is -1.16. The second-order valence-corrected chi connectivity index (χ2v) is 8.98. The van der Waals surface area contributed by atoms with Crippen LogP contribution in [-0.4, -0.2) is 60.1 Å². The molecule has 2 N–H and O–H groups in total. The van der Waals surface area contributed by atoms with Gasteiger partial charge in [-0.3, -0.25) is 9.36 Å². The predicted molar refractivity (Wildman–Crippen MR) is 130 cm³/mol. The van der Waals surface area contributed by atoms with E-state index in [4.69, 9.17) is 4.98 Å². The van der Waals surface area contributed by atoms with Crippen LogP contribution in [0.2, 0.25) is 0 Å². The smallest absolute Gasteiger partial charge is 0.275 e. The van der Waals surface area contributed by atoms with E-state index < -0.39 is 12.3 Å². The minimum Gasteiger partial charge on any atom is -0.368 e. The summed E-state index contributed by atoms with van der Waals surface area (Å²) in [6.45, 7) is 7.38. The molecule has 5 rings (SSSR count). The lowest BCUT2D eigenvalue weighted by Crippen LogP contribution is -2.51. The van der Waals surface area contributed by atoms with E-state index >= 15 is 0 Å². The molecule has 1 atom stereocenters. The molecule has 3 aromatic rings. The van der Waals surface area contributed by atoms with E-state index in [-0.39, 0.29) is 12.4 Å². The van der Waals surface area contributed by atoms with Crippen molar-refractivity contribution in [1.29, 1.82) is 0 Å². The van der Waals surface area contributed by atoms with Crippen LogP contribution in [0, 0.1) is 19.7 Å². The molecule has 1 aromatic heterocycles. The Hall–Kier alpha value is -3.59. The van der Waals surface area contributed by atoms with Crippen LogP contribution < -0.4 is 20.0 Å². The number of amides is 1. The number of aliphatic hydroxyl groups is 1. The number of nitrogens with zero attached hydrogens (tertiary/aromatic N) is 5. The van der Waals surface area contributed by atoms with Crippen LogP contribution in [0.5, 0.6) is 0 Å². The van der Waals surface area contributed by atoms with Gasteiger partial charge in [0.25, 0.3) is 5.91 Å². The number of fused-ring (bicyclic) bond motifs is 1. The maximum Gasteiger partial charge on any atom is 0.275 e. The summed E-state index contributed by atoms with van der Waals surface area (Å²) < 4.78 is 16.3. The highest BCUT2D eigenvalue weighted by Crippen LogP contribution is 2.32. The molecule has 2 aromatic carbocycles. The number of anilines is 3. The number of imidazole rings is 1. The molecule has 0 spiro atoms. The molecule has 178 valence electrons. The van der Waals surface area contributed by atoms with Crippen LogP contribution in [-0.2, 0) is 6.54 Å². The first-order chi connectivity index (χ1) is 16.3. The first kappa shape index (κ1) is 22.2. The third-order valence-electron chi connectivity index (χ3n) is 6.66. The summed E-state index contributed by atoms with van der Waals surface area (Å²) in [7, 11) is 1.67. The summed E-state index contributed by atoms with van der Waals surface area (Å²) in [6, 6.07) is 13.0. The predicted octanol–water partition coefficient (Wildman–Crippen LogP) is 2.47. The zero-order chi connectivity index (χ0) is 24.0. The van der Waals surface area contributed by atoms with E-state index in [2.05, 4.69) is 47.2 Å². The number of aliphatic hydroxyl groups excluding tert-OH is 1. The van der Waals surface area contributed by atoms with Crippen molar-refractivity contribution in [3.8, 4) is 0 Å². The number of hydrogen-bond donors (Lipinski definition) is 2. The summed E-state index contributed by atoms with van der Waals surface area (Å²) in [5.41, 5.74) is 4.49. The van der Waals surface area contributed by atoms with Gasteiger partial charge in [0.1, 0.15) is 5.82 Å². The van der Waals surface area contributed by atoms with Crippen molar-refractivity contribution in [2.24, 2.45) is 0 Å². The van der Waals surface area contributed by atoms with Gasteiger partial charge in [0, 0.05) is 44.5 Å². The Kier molecular flexibility index (Phi) is 5.65. The maximum absolute atomic E-state index is 14.5. The molecular formula is C25H29FN6O2. The van der Waals surface area contributed by atoms with E-state index in [9.17, 15) is 14.3 Å². The minimum atomic E-state index is -1.16. The Labute approximate surface area is 198 Å². The van der Waals surface area contributed by atoms with E-state index in [1.165, 1.54) is 27.8 Å². The normalized spacial score (nSPS) is 18.2. The Morgan fingerprint density at radius 1 is 1.09 bits per heavy atom. The topological polar surface area (TPSA) is 76.9 Å². The van der Waals surface area contributed by atoms with Crippen molar-refractivity contribution < 1.29 is 14.3 Å². The van der Waals surface area contributed by atoms with Gasteiger partial charge in [-0.2, -0.15) is 4.98 Å². The second kappa shape index (κ2) is 8.64. The number of rotatable bonds is 4. The number of aromatic nitrogens is 2. The molecule has 3 heterocycles. The van der Waals surface area contributed by atoms with E-state index in [1.807, 2.05) is 0 Å². The number of aryl methyl sites for hydroxylation is 2. The summed E-state index contributed by atoms with van der Waals surface area (Å²) >= 11 is 0. The van der Waals surface area contributed by atoms with Gasteiger partial charge < -0.3 is 25.1 Å². The highest BCUT2D eigenvalue weighted by atomic mass is 19.1. The van der Waals surface area contributed by atoms with Crippen LogP contribution in [0.1, 0.15) is 27.2 Å². The Morgan fingerprint density at radius 3 is 2.53 bits per heavy atom. The number of halogens is 1. The molecule has 2 aliphatic heterocycles. The molecule has 9 heteroatoms. The first-order valence-corrected chi connectivity index (χ1v) is 11.5. The average Bonchev–Trinajstić information content (AvgIpc) is 3.21. The fourth-order valence-corrected chi connectivity index (χ4v) is 4.69. The third-order valence-corrected chi connectivity index (χ3v) is 6.66. The molecule has 2 aliphatic rings. The maximum atomic E-state index is 14.5. The van der Waals surface area contributed by atoms with Crippen LogP contribution in [0.3, 0.4) is 0 Å². The van der Waals surface area contributed by atoms with E-state index in [0.29, 0.717) is 36.1 Å². The summed E-state index contributed by atoms with van der Waals surface area (Å²) in [5, 5.41) is 12.8. The number of piperazine rings is 1. The molecular weight excluding hydrogens is 435 g/mol. The van der Waals surface area contributed by atoms with Crippen molar-refractivity contribution in [1.82, 2.24) is 14.9 Å². The van der Waals surface area contributed by atoms with Gasteiger partial charge in [-0.1, -0.05) is 30.3 Å². The molecule has 1 amide bonds. The van der Waals surface area contributed by atoms with Gasteiger partial charge >= 0.3 is 0 Å². The Morgan fingerprint density at radius 2 is 1.79 bits per heavy atom. The monoisotopic (exact) mass is 464 g/mol. The van der Waals surface area contributed by atoms with Gasteiger partial charge in [-0.25, -0.2) is 4.39 Å². The summed E-state index contributed by atoms with van der Waals surface area (Å²) in [5.74, 6) is 0.231. The van der Waals surface area contributed by atoms with Crippen LogP contribution >= 0.6 is 0 Å². The van der Waals surface area contributed by atoms with Crippen LogP contribution in [0.4, 0.5) is 21.8 Å². The molecule has 0 aliphatic carbocycles. The molecule has 0 saturated carbocycles. The largest absolute Gasteiger partial charge is 0.368 e. The van der Waals surface area contributed by atoms with Gasteiger partial charge in [0.15, 0.2) is 11.5 Å². The highest BCUT2D eigenvalue weighted by molar-refractivity contribution is 6.00. The van der Waals surface area contributed by atoms with Gasteiger partial charge in [-0.05, 0) is 37.1 Å². The van der Waals surface area contributed by atoms with Gasteiger partial charge in [0.2, 0.25) is 12.3 Å². The van der Waals surface area contributed by atoms with Crippen LogP contribution in [0.25, 0.3) is 0 Å². The molecule has 34 heavy (non-hydrogen) atoms. The molecule has 0 bridgehead atoms. The van der Waals surface area contributed by atoms with Crippen LogP contribution in [0.15, 0.2) is 42.5 Å². The lowest BCUT2D eigenvalue weighted by Gasteiger charge is -2.37. The highest BCUT2D eigenvalue weighted by Gasteiger charge is 2.36.